The SMILES string of the molecule is COc1ccc(CCNC(=O)COC(=O)CNC(=O)c2cccc(C)c2)cc1OC. The van der Waals surface area contributed by atoms with Crippen LogP contribution in [0.5, 0.6) is 11.5 Å². The number of nitrogens with one attached hydrogen (secondary N) is 2. The number of hydrogen-bond acceptors (Lipinski definition) is 6. The van der Waals surface area contributed by atoms with Crippen molar-refractivity contribution < 1.29 is 28.6 Å². The molecule has 0 saturated carbocycles. The zero-order valence-electron chi connectivity index (χ0n) is 17.3. The molecule has 30 heavy (non-hydrogen) atoms. The molecule has 0 aliphatic carbocycles. The molecule has 0 atom stereocenters. The van der Waals surface area contributed by atoms with Crippen LogP contribution in [0.15, 0.2) is 42.5 Å². The summed E-state index contributed by atoms with van der Waals surface area (Å²) in [6.45, 7) is 1.52. The van der Waals surface area contributed by atoms with Crippen LogP contribution in [0.25, 0.3) is 0 Å². The second-order valence-electron chi connectivity index (χ2n) is 6.50. The molecule has 0 saturated heterocycles. The highest BCUT2D eigenvalue weighted by molar-refractivity contribution is 5.96. The highest BCUT2D eigenvalue weighted by Crippen LogP contribution is 2.27. The summed E-state index contributed by atoms with van der Waals surface area (Å²) in [5, 5.41) is 5.14. The van der Waals surface area contributed by atoms with E-state index in [0.29, 0.717) is 30.0 Å². The van der Waals surface area contributed by atoms with Crippen molar-refractivity contribution in [1.82, 2.24) is 10.6 Å². The highest BCUT2D eigenvalue weighted by atomic mass is 16.5. The molecule has 0 spiro atoms. The van der Waals surface area contributed by atoms with Gasteiger partial charge in [0.15, 0.2) is 18.1 Å². The summed E-state index contributed by atoms with van der Waals surface area (Å²) in [4.78, 5) is 35.6. The van der Waals surface area contributed by atoms with E-state index in [0.717, 1.165) is 11.1 Å². The molecular formula is C22H26N2O6. The van der Waals surface area contributed by atoms with Crippen LogP contribution in [0.2, 0.25) is 0 Å². The largest absolute Gasteiger partial charge is 0.493 e. The fourth-order valence-corrected chi connectivity index (χ4v) is 2.67. The number of amides is 2. The minimum Gasteiger partial charge on any atom is -0.493 e. The summed E-state index contributed by atoms with van der Waals surface area (Å²) in [6, 6.07) is 12.5. The molecule has 2 rings (SSSR count). The average Bonchev–Trinajstić information content (AvgIpc) is 2.75. The first-order valence-electron chi connectivity index (χ1n) is 9.41. The van der Waals surface area contributed by atoms with Gasteiger partial charge in [0, 0.05) is 12.1 Å². The molecule has 0 bridgehead atoms. The van der Waals surface area contributed by atoms with Crippen LogP contribution in [0.3, 0.4) is 0 Å². The standard InChI is InChI=1S/C22H26N2O6/c1-15-5-4-6-17(11-15)22(27)24-13-21(26)30-14-20(25)23-10-9-16-7-8-18(28-2)19(12-16)29-3/h4-8,11-12H,9-10,13-14H2,1-3H3,(H,23,25)(H,24,27). The zero-order chi connectivity index (χ0) is 21.9. The highest BCUT2D eigenvalue weighted by Gasteiger charge is 2.11. The lowest BCUT2D eigenvalue weighted by Gasteiger charge is -2.10. The third-order valence-electron chi connectivity index (χ3n) is 4.22. The lowest BCUT2D eigenvalue weighted by Crippen LogP contribution is -2.34. The molecule has 160 valence electrons. The fourth-order valence-electron chi connectivity index (χ4n) is 2.67. The zero-order valence-corrected chi connectivity index (χ0v) is 17.3. The molecule has 0 aliphatic heterocycles. The van der Waals surface area contributed by atoms with Crippen LogP contribution in [0, 0.1) is 6.92 Å². The Morgan fingerprint density at radius 3 is 2.40 bits per heavy atom. The number of ether oxygens (including phenoxy) is 3. The van der Waals surface area contributed by atoms with Crippen molar-refractivity contribution in [3.8, 4) is 11.5 Å². The Morgan fingerprint density at radius 1 is 0.933 bits per heavy atom. The van der Waals surface area contributed by atoms with E-state index >= 15 is 0 Å². The van der Waals surface area contributed by atoms with Gasteiger partial charge in [0.25, 0.3) is 11.8 Å². The molecule has 8 heteroatoms. The van der Waals surface area contributed by atoms with Crippen molar-refractivity contribution in [2.45, 2.75) is 13.3 Å². The predicted octanol–water partition coefficient (Wildman–Crippen LogP) is 1.64. The minimum absolute atomic E-state index is 0.314. The topological polar surface area (TPSA) is 103 Å². The molecule has 0 aliphatic rings. The number of hydrogen-bond donors (Lipinski definition) is 2. The van der Waals surface area contributed by atoms with Gasteiger partial charge >= 0.3 is 5.97 Å². The van der Waals surface area contributed by atoms with E-state index < -0.39 is 18.5 Å². The summed E-state index contributed by atoms with van der Waals surface area (Å²) in [5.41, 5.74) is 2.36. The van der Waals surface area contributed by atoms with E-state index in [1.54, 1.807) is 38.5 Å². The van der Waals surface area contributed by atoms with Gasteiger partial charge in [0.2, 0.25) is 0 Å². The maximum absolute atomic E-state index is 12.0. The molecule has 0 radical (unpaired) electrons. The molecule has 2 aromatic carbocycles. The van der Waals surface area contributed by atoms with Gasteiger partial charge in [-0.15, -0.1) is 0 Å². The lowest BCUT2D eigenvalue weighted by molar-refractivity contribution is -0.147. The molecule has 0 unspecified atom stereocenters. The molecule has 8 nitrogen and oxygen atoms in total. The van der Waals surface area contributed by atoms with Gasteiger partial charge in [-0.25, -0.2) is 0 Å². The third-order valence-corrected chi connectivity index (χ3v) is 4.22. The maximum Gasteiger partial charge on any atom is 0.325 e. The Bertz CT molecular complexity index is 897. The van der Waals surface area contributed by atoms with E-state index in [1.165, 1.54) is 0 Å². The van der Waals surface area contributed by atoms with Crippen LogP contribution in [-0.2, 0) is 20.7 Å². The van der Waals surface area contributed by atoms with Gasteiger partial charge in [-0.1, -0.05) is 23.8 Å². The van der Waals surface area contributed by atoms with Crippen LogP contribution in [0.4, 0.5) is 0 Å². The smallest absolute Gasteiger partial charge is 0.325 e. The number of carbonyl (C=O) groups excluding carboxylic acids is 3. The van der Waals surface area contributed by atoms with Gasteiger partial charge in [-0.05, 0) is 43.2 Å². The fraction of sp³-hybridized carbons (Fsp3) is 0.318. The van der Waals surface area contributed by atoms with Crippen LogP contribution in [-0.4, -0.2) is 51.7 Å². The van der Waals surface area contributed by atoms with E-state index in [4.69, 9.17) is 14.2 Å². The Kier molecular flexibility index (Phi) is 8.68. The van der Waals surface area contributed by atoms with Crippen molar-refractivity contribution in [3.63, 3.8) is 0 Å². The van der Waals surface area contributed by atoms with E-state index in [-0.39, 0.29) is 12.5 Å². The summed E-state index contributed by atoms with van der Waals surface area (Å²) < 4.78 is 15.3. The quantitative estimate of drug-likeness (QED) is 0.573. The predicted molar refractivity (Wildman–Crippen MR) is 111 cm³/mol. The maximum atomic E-state index is 12.0. The van der Waals surface area contributed by atoms with E-state index in [1.807, 2.05) is 25.1 Å². The van der Waals surface area contributed by atoms with Gasteiger partial charge in [0.05, 0.1) is 14.2 Å². The number of methoxy groups -OCH3 is 2. The second-order valence-corrected chi connectivity index (χ2v) is 6.50. The van der Waals surface area contributed by atoms with Crippen molar-refractivity contribution in [2.75, 3.05) is 33.9 Å². The van der Waals surface area contributed by atoms with Crippen LogP contribution < -0.4 is 20.1 Å². The molecule has 0 aromatic heterocycles. The number of rotatable bonds is 10. The van der Waals surface area contributed by atoms with Crippen molar-refractivity contribution in [1.29, 1.82) is 0 Å². The van der Waals surface area contributed by atoms with Gasteiger partial charge < -0.3 is 24.8 Å². The number of carbonyl (C=O) groups is 3. The minimum atomic E-state index is -0.689. The summed E-state index contributed by atoms with van der Waals surface area (Å²) in [5.74, 6) is -0.246. The number of esters is 1. The normalized spacial score (nSPS) is 10.1. The first kappa shape index (κ1) is 22.7. The lowest BCUT2D eigenvalue weighted by atomic mass is 10.1. The van der Waals surface area contributed by atoms with Crippen molar-refractivity contribution in [3.05, 3.63) is 59.2 Å². The third kappa shape index (κ3) is 7.12. The summed E-state index contributed by atoms with van der Waals surface area (Å²) in [7, 11) is 3.12. The Morgan fingerprint density at radius 2 is 1.70 bits per heavy atom. The molecule has 2 N–H and O–H groups in total. The summed E-state index contributed by atoms with van der Waals surface area (Å²) >= 11 is 0. The van der Waals surface area contributed by atoms with E-state index in [9.17, 15) is 14.4 Å². The Labute approximate surface area is 175 Å². The number of aryl methyl sites for hydroxylation is 1. The van der Waals surface area contributed by atoms with Crippen LogP contribution >= 0.6 is 0 Å². The van der Waals surface area contributed by atoms with Crippen LogP contribution in [0.1, 0.15) is 21.5 Å². The van der Waals surface area contributed by atoms with Gasteiger partial charge in [-0.3, -0.25) is 14.4 Å². The Hall–Kier alpha value is -3.55. The molecule has 2 aromatic rings. The summed E-state index contributed by atoms with van der Waals surface area (Å²) in [6.07, 6.45) is 0.576. The van der Waals surface area contributed by atoms with Gasteiger partial charge in [-0.2, -0.15) is 0 Å². The van der Waals surface area contributed by atoms with E-state index in [2.05, 4.69) is 10.6 Å². The first-order chi connectivity index (χ1) is 14.4. The average molecular weight is 414 g/mol. The Balaban J connectivity index is 1.67. The molecule has 0 fully saturated rings. The monoisotopic (exact) mass is 414 g/mol. The van der Waals surface area contributed by atoms with Gasteiger partial charge in [0.1, 0.15) is 6.54 Å². The molecule has 0 heterocycles. The second kappa shape index (κ2) is 11.5. The van der Waals surface area contributed by atoms with Crippen molar-refractivity contribution >= 4 is 17.8 Å². The van der Waals surface area contributed by atoms with Crippen molar-refractivity contribution in [2.24, 2.45) is 0 Å². The molecule has 2 amide bonds. The first-order valence-corrected chi connectivity index (χ1v) is 9.41. The molecular weight excluding hydrogens is 388 g/mol. The number of benzene rings is 2.